The summed E-state index contributed by atoms with van der Waals surface area (Å²) in [5.74, 6) is 1.60. The van der Waals surface area contributed by atoms with Gasteiger partial charge in [0.05, 0.1) is 26.4 Å². The van der Waals surface area contributed by atoms with Gasteiger partial charge >= 0.3 is 0 Å². The smallest absolute Gasteiger partial charge is 0.251 e. The van der Waals surface area contributed by atoms with E-state index in [1.54, 1.807) is 19.1 Å². The lowest BCUT2D eigenvalue weighted by molar-refractivity contribution is -0.183. The van der Waals surface area contributed by atoms with Crippen molar-refractivity contribution < 1.29 is 29.4 Å². The topological polar surface area (TPSA) is 124 Å². The number of hydrogen-bond acceptors (Lipinski definition) is 8. The predicted octanol–water partition coefficient (Wildman–Crippen LogP) is 4.73. The highest BCUT2D eigenvalue weighted by Gasteiger charge is 2.57. The summed E-state index contributed by atoms with van der Waals surface area (Å²) in [4.78, 5) is 35.9. The van der Waals surface area contributed by atoms with E-state index in [9.17, 15) is 19.8 Å². The maximum Gasteiger partial charge on any atom is 0.251 e. The fourth-order valence-corrected chi connectivity index (χ4v) is 9.12. The quantitative estimate of drug-likeness (QED) is 0.224. The molecule has 3 saturated carbocycles. The Labute approximate surface area is 298 Å². The molecule has 0 unspecified atom stereocenters. The number of ether oxygens (including phenoxy) is 1. The van der Waals surface area contributed by atoms with Gasteiger partial charge in [-0.2, -0.15) is 5.06 Å². The molecule has 4 N–H and O–H groups in total. The van der Waals surface area contributed by atoms with Crippen LogP contribution in [0.15, 0.2) is 42.5 Å². The third-order valence-corrected chi connectivity index (χ3v) is 11.8. The van der Waals surface area contributed by atoms with Crippen LogP contribution in [0.5, 0.6) is 5.75 Å². The van der Waals surface area contributed by atoms with E-state index in [1.165, 1.54) is 6.42 Å². The average molecular weight is 693 g/mol. The Morgan fingerprint density at radius 3 is 2.44 bits per heavy atom. The van der Waals surface area contributed by atoms with Crippen molar-refractivity contribution in [1.29, 1.82) is 0 Å². The number of hydrogen-bond donors (Lipinski definition) is 4. The molecule has 10 nitrogen and oxygen atoms in total. The number of rotatable bonds is 14. The Hall–Kier alpha value is -3.02. The summed E-state index contributed by atoms with van der Waals surface area (Å²) in [5, 5.41) is 29.3. The van der Waals surface area contributed by atoms with Gasteiger partial charge in [0.25, 0.3) is 5.91 Å². The molecular formula is C40H60N4O6. The number of carbonyl (C=O) groups excluding carboxylic acids is 2. The van der Waals surface area contributed by atoms with Crippen molar-refractivity contribution in [2.75, 3.05) is 34.4 Å². The average Bonchev–Trinajstić information content (AvgIpc) is 3.43. The van der Waals surface area contributed by atoms with E-state index in [4.69, 9.17) is 9.57 Å². The number of nitrogens with zero attached hydrogens (tertiary/aromatic N) is 2. The van der Waals surface area contributed by atoms with E-state index in [1.807, 2.05) is 56.6 Å². The minimum atomic E-state index is -0.885. The molecule has 0 spiro atoms. The lowest BCUT2D eigenvalue weighted by Gasteiger charge is -2.62. The summed E-state index contributed by atoms with van der Waals surface area (Å²) in [6.45, 7) is 13.5. The minimum absolute atomic E-state index is 0.0247. The Kier molecular flexibility index (Phi) is 12.0. The normalized spacial score (nSPS) is 28.6. The van der Waals surface area contributed by atoms with E-state index in [-0.39, 0.29) is 37.0 Å². The zero-order chi connectivity index (χ0) is 36.5. The van der Waals surface area contributed by atoms with Crippen molar-refractivity contribution in [3.63, 3.8) is 0 Å². The molecule has 6 rings (SSSR count). The van der Waals surface area contributed by atoms with Crippen LogP contribution in [0.1, 0.15) is 76.7 Å². The molecule has 2 bridgehead atoms. The number of methoxy groups -OCH3 is 1. The molecule has 2 aromatic rings. The highest BCUT2D eigenvalue weighted by atomic mass is 16.7. The number of nitrogens with one attached hydrogen (secondary N) is 2. The summed E-state index contributed by atoms with van der Waals surface area (Å²) >= 11 is 0. The summed E-state index contributed by atoms with van der Waals surface area (Å²) < 4.78 is 6.00. The van der Waals surface area contributed by atoms with Gasteiger partial charge in [0, 0.05) is 41.2 Å². The standard InChI is InChI=1S/C40H60N4O6/c1-23(2)16-30(21-43(7)8)41-38(47)27-13-10-12-26(17-27)31-15-11-14-28(37(31)49-9)20-44-36(35(25(4)46)34(22-45)50-44)39(48)42-33-19-29-18-32(24(33)3)40(29,5)6/h10-15,17,23-25,29-30,32-36,45-46H,16,18-22H2,1-9H3,(H,41,47)(H,42,48)/t24-,25-,29+,30-,32-,33-,34-,35+,36-/m0/s1. The van der Waals surface area contributed by atoms with Gasteiger partial charge in [0.15, 0.2) is 0 Å². The summed E-state index contributed by atoms with van der Waals surface area (Å²) in [6.07, 6.45) is 1.40. The van der Waals surface area contributed by atoms with E-state index in [0.717, 1.165) is 36.1 Å². The maximum atomic E-state index is 14.2. The molecule has 2 amide bonds. The molecule has 1 heterocycles. The van der Waals surface area contributed by atoms with Gasteiger partial charge in [-0.3, -0.25) is 14.4 Å². The molecule has 3 aliphatic carbocycles. The second kappa shape index (κ2) is 15.7. The summed E-state index contributed by atoms with van der Waals surface area (Å²) in [7, 11) is 5.63. The Morgan fingerprint density at radius 1 is 1.12 bits per heavy atom. The molecule has 1 saturated heterocycles. The number of amides is 2. The fourth-order valence-electron chi connectivity index (χ4n) is 9.12. The number of carbonyl (C=O) groups is 2. The van der Waals surface area contributed by atoms with Gasteiger partial charge in [0.2, 0.25) is 5.91 Å². The number of para-hydroxylation sites is 1. The van der Waals surface area contributed by atoms with Crippen molar-refractivity contribution in [2.24, 2.45) is 35.0 Å². The SMILES string of the molecule is COc1c(CN2O[C@@H](CO)[C@@H]([C@H](C)O)[C@H]2C(=O)N[C@H]2C[C@H]3C[C@@H]([C@@H]2C)C3(C)C)cccc1-c1cccc(C(=O)N[C@@H](CC(C)C)CN(C)C)c1. The van der Waals surface area contributed by atoms with Gasteiger partial charge in [0.1, 0.15) is 17.9 Å². The van der Waals surface area contributed by atoms with Gasteiger partial charge in [-0.25, -0.2) is 0 Å². The first-order valence-electron chi connectivity index (χ1n) is 18.4. The Morgan fingerprint density at radius 2 is 1.84 bits per heavy atom. The fraction of sp³-hybridized carbons (Fsp3) is 0.650. The van der Waals surface area contributed by atoms with E-state index in [2.05, 4.69) is 50.2 Å². The van der Waals surface area contributed by atoms with Crippen LogP contribution in [0.2, 0.25) is 0 Å². The molecule has 2 aromatic carbocycles. The second-order valence-electron chi connectivity index (χ2n) is 16.4. The van der Waals surface area contributed by atoms with Crippen LogP contribution in [0, 0.1) is 35.0 Å². The highest BCUT2D eigenvalue weighted by molar-refractivity contribution is 5.96. The van der Waals surface area contributed by atoms with Crippen LogP contribution in [0.25, 0.3) is 11.1 Å². The molecular weight excluding hydrogens is 632 g/mol. The summed E-state index contributed by atoms with van der Waals surface area (Å²) in [6, 6.07) is 12.6. The first kappa shape index (κ1) is 38.2. The van der Waals surface area contributed by atoms with E-state index in [0.29, 0.717) is 40.4 Å². The predicted molar refractivity (Wildman–Crippen MR) is 195 cm³/mol. The molecule has 4 fully saturated rings. The van der Waals surface area contributed by atoms with E-state index >= 15 is 0 Å². The number of aliphatic hydroxyl groups excluding tert-OH is 2. The van der Waals surface area contributed by atoms with Crippen LogP contribution >= 0.6 is 0 Å². The molecule has 9 atom stereocenters. The third-order valence-electron chi connectivity index (χ3n) is 11.8. The molecule has 1 aliphatic heterocycles. The largest absolute Gasteiger partial charge is 0.496 e. The van der Waals surface area contributed by atoms with Crippen LogP contribution in [-0.4, -0.2) is 96.7 Å². The van der Waals surface area contributed by atoms with Crippen LogP contribution in [-0.2, 0) is 16.2 Å². The van der Waals surface area contributed by atoms with Gasteiger partial charge in [-0.1, -0.05) is 65.0 Å². The number of fused-ring (bicyclic) bond motifs is 2. The second-order valence-corrected chi connectivity index (χ2v) is 16.4. The number of hydroxylamine groups is 2. The lowest BCUT2D eigenvalue weighted by Crippen LogP contribution is -2.62. The van der Waals surface area contributed by atoms with Crippen molar-refractivity contribution in [1.82, 2.24) is 20.6 Å². The Balaban J connectivity index is 1.39. The lowest BCUT2D eigenvalue weighted by atomic mass is 9.45. The Bertz CT molecular complexity index is 1480. The van der Waals surface area contributed by atoms with Crippen LogP contribution < -0.4 is 15.4 Å². The van der Waals surface area contributed by atoms with Crippen molar-refractivity contribution in [3.05, 3.63) is 53.6 Å². The maximum absolute atomic E-state index is 14.2. The van der Waals surface area contributed by atoms with Gasteiger partial charge in [-0.05, 0) is 87.1 Å². The number of aliphatic hydroxyl groups is 2. The number of likely N-dealkylation sites (N-methyl/N-ethyl adjacent to an activating group) is 1. The van der Waals surface area contributed by atoms with Crippen LogP contribution in [0.3, 0.4) is 0 Å². The van der Waals surface area contributed by atoms with Gasteiger partial charge in [-0.15, -0.1) is 0 Å². The molecule has 50 heavy (non-hydrogen) atoms. The first-order chi connectivity index (χ1) is 23.7. The van der Waals surface area contributed by atoms with Crippen LogP contribution in [0.4, 0.5) is 0 Å². The highest BCUT2D eigenvalue weighted by Crippen LogP contribution is 2.61. The molecule has 0 aromatic heterocycles. The van der Waals surface area contributed by atoms with Gasteiger partial charge < -0.3 is 30.5 Å². The molecule has 10 heteroatoms. The zero-order valence-electron chi connectivity index (χ0n) is 31.5. The minimum Gasteiger partial charge on any atom is -0.496 e. The van der Waals surface area contributed by atoms with Crippen molar-refractivity contribution >= 4 is 11.8 Å². The molecule has 4 aliphatic rings. The number of benzene rings is 2. The van der Waals surface area contributed by atoms with Crippen molar-refractivity contribution in [2.45, 2.75) is 97.7 Å². The monoisotopic (exact) mass is 692 g/mol. The third kappa shape index (κ3) is 7.89. The first-order valence-corrected chi connectivity index (χ1v) is 18.4. The van der Waals surface area contributed by atoms with E-state index < -0.39 is 24.2 Å². The summed E-state index contributed by atoms with van der Waals surface area (Å²) in [5.41, 5.74) is 3.25. The molecule has 0 radical (unpaired) electrons. The van der Waals surface area contributed by atoms with Crippen molar-refractivity contribution in [3.8, 4) is 16.9 Å². The zero-order valence-corrected chi connectivity index (χ0v) is 31.5. The molecule has 276 valence electrons.